The van der Waals surface area contributed by atoms with E-state index in [1.54, 1.807) is 29.2 Å². The van der Waals surface area contributed by atoms with Gasteiger partial charge in [-0.3, -0.25) is 4.79 Å². The second kappa shape index (κ2) is 6.61. The molecule has 132 valence electrons. The molecule has 3 rings (SSSR count). The Balaban J connectivity index is 1.77. The van der Waals surface area contributed by atoms with E-state index < -0.39 is 16.1 Å². The van der Waals surface area contributed by atoms with E-state index in [2.05, 4.69) is 4.72 Å². The highest BCUT2D eigenvalue weighted by Crippen LogP contribution is 2.25. The van der Waals surface area contributed by atoms with Crippen LogP contribution in [0.1, 0.15) is 23.1 Å². The molecule has 2 aromatic carbocycles. The maximum absolute atomic E-state index is 12.7. The van der Waals surface area contributed by atoms with Crippen molar-refractivity contribution in [3.8, 4) is 0 Å². The molecule has 1 N–H and O–H groups in total. The first-order valence-electron chi connectivity index (χ1n) is 8.25. The van der Waals surface area contributed by atoms with E-state index in [1.807, 2.05) is 39.0 Å². The lowest BCUT2D eigenvalue weighted by molar-refractivity contribution is -0.118. The molecular weight excluding hydrogens is 336 g/mol. The molecule has 1 atom stereocenters. The molecule has 0 spiro atoms. The van der Waals surface area contributed by atoms with Crippen LogP contribution in [0.15, 0.2) is 47.4 Å². The Bertz CT molecular complexity index is 905. The van der Waals surface area contributed by atoms with Crippen molar-refractivity contribution >= 4 is 21.6 Å². The van der Waals surface area contributed by atoms with Crippen molar-refractivity contribution in [1.29, 1.82) is 0 Å². The van der Waals surface area contributed by atoms with Crippen LogP contribution in [0.5, 0.6) is 0 Å². The molecule has 2 aromatic rings. The predicted octanol–water partition coefficient (Wildman–Crippen LogP) is 2.70. The smallest absolute Gasteiger partial charge is 0.245 e. The molecule has 25 heavy (non-hydrogen) atoms. The molecule has 0 radical (unpaired) electrons. The normalized spacial score (nSPS) is 18.0. The maximum atomic E-state index is 12.7. The van der Waals surface area contributed by atoms with Gasteiger partial charge in [0.15, 0.2) is 0 Å². The van der Waals surface area contributed by atoms with Crippen LogP contribution in [0.4, 0.5) is 5.69 Å². The number of carbonyl (C=O) groups excluding carboxylic acids is 1. The number of carbonyl (C=O) groups is 1. The topological polar surface area (TPSA) is 66.5 Å². The van der Waals surface area contributed by atoms with Gasteiger partial charge >= 0.3 is 0 Å². The van der Waals surface area contributed by atoms with Gasteiger partial charge in [-0.25, -0.2) is 8.42 Å². The molecule has 0 aromatic heterocycles. The van der Waals surface area contributed by atoms with Crippen molar-refractivity contribution in [1.82, 2.24) is 4.72 Å². The van der Waals surface area contributed by atoms with E-state index in [0.29, 0.717) is 13.0 Å². The highest BCUT2D eigenvalue weighted by molar-refractivity contribution is 7.89. The lowest BCUT2D eigenvalue weighted by Gasteiger charge is -2.18. The molecule has 1 aliphatic heterocycles. The van der Waals surface area contributed by atoms with Gasteiger partial charge in [-0.05, 0) is 62.6 Å². The third-order valence-corrected chi connectivity index (χ3v) is 6.12. The van der Waals surface area contributed by atoms with Crippen LogP contribution < -0.4 is 9.62 Å². The van der Waals surface area contributed by atoms with E-state index in [9.17, 15) is 13.2 Å². The number of nitrogens with one attached hydrogen (secondary N) is 1. The summed E-state index contributed by atoms with van der Waals surface area (Å²) in [5.74, 6) is -0.209. The molecule has 6 heteroatoms. The van der Waals surface area contributed by atoms with Crippen LogP contribution in [0.3, 0.4) is 0 Å². The highest BCUT2D eigenvalue weighted by atomic mass is 32.2. The predicted molar refractivity (Wildman–Crippen MR) is 98.2 cm³/mol. The summed E-state index contributed by atoms with van der Waals surface area (Å²) < 4.78 is 27.6. The first-order valence-corrected chi connectivity index (χ1v) is 9.74. The monoisotopic (exact) mass is 358 g/mol. The van der Waals surface area contributed by atoms with Gasteiger partial charge in [0.2, 0.25) is 15.9 Å². The van der Waals surface area contributed by atoms with E-state index in [-0.39, 0.29) is 10.8 Å². The summed E-state index contributed by atoms with van der Waals surface area (Å²) in [4.78, 5) is 14.5. The molecule has 5 nitrogen and oxygen atoms in total. The number of nitrogens with zero attached hydrogens (tertiary/aromatic N) is 1. The van der Waals surface area contributed by atoms with Crippen LogP contribution in [0.25, 0.3) is 0 Å². The second-order valence-electron chi connectivity index (χ2n) is 6.53. The molecule has 1 amide bonds. The Morgan fingerprint density at radius 2 is 1.68 bits per heavy atom. The van der Waals surface area contributed by atoms with E-state index in [0.717, 1.165) is 22.4 Å². The fourth-order valence-electron chi connectivity index (χ4n) is 2.91. The molecule has 1 aliphatic rings. The first kappa shape index (κ1) is 17.6. The summed E-state index contributed by atoms with van der Waals surface area (Å²) in [5, 5.41) is 0. The minimum Gasteiger partial charge on any atom is -0.311 e. The van der Waals surface area contributed by atoms with Gasteiger partial charge < -0.3 is 4.90 Å². The van der Waals surface area contributed by atoms with E-state index in [1.165, 1.54) is 0 Å². The first-order chi connectivity index (χ1) is 11.8. The molecule has 1 saturated heterocycles. The van der Waals surface area contributed by atoms with Crippen molar-refractivity contribution in [2.45, 2.75) is 38.1 Å². The van der Waals surface area contributed by atoms with Crippen molar-refractivity contribution in [2.75, 3.05) is 11.4 Å². The highest BCUT2D eigenvalue weighted by Gasteiger charge is 2.35. The summed E-state index contributed by atoms with van der Waals surface area (Å²) >= 11 is 0. The number of anilines is 1. The van der Waals surface area contributed by atoms with E-state index in [4.69, 9.17) is 0 Å². The number of sulfonamides is 1. The van der Waals surface area contributed by atoms with Gasteiger partial charge in [0, 0.05) is 12.2 Å². The van der Waals surface area contributed by atoms with Crippen LogP contribution in [-0.4, -0.2) is 26.9 Å². The molecule has 1 fully saturated rings. The quantitative estimate of drug-likeness (QED) is 0.914. The molecular formula is C19H22N2O3S. The third kappa shape index (κ3) is 3.60. The zero-order chi connectivity index (χ0) is 18.2. The third-order valence-electron chi connectivity index (χ3n) is 4.64. The standard InChI is InChI=1S/C19H22N2O3S/c1-13-4-8-17(9-5-13)25(23,24)20-18-10-11-21(19(18)22)16-7-6-14(2)15(3)12-16/h4-9,12,18,20H,10-11H2,1-3H3. The fourth-order valence-corrected chi connectivity index (χ4v) is 4.14. The molecule has 1 heterocycles. The van der Waals surface area contributed by atoms with E-state index >= 15 is 0 Å². The van der Waals surface area contributed by atoms with Crippen LogP contribution >= 0.6 is 0 Å². The number of rotatable bonds is 4. The summed E-state index contributed by atoms with van der Waals surface area (Å²) in [5.41, 5.74) is 4.06. The average Bonchev–Trinajstić information content (AvgIpc) is 2.91. The lowest BCUT2D eigenvalue weighted by atomic mass is 10.1. The summed E-state index contributed by atoms with van der Waals surface area (Å²) in [6, 6.07) is 11.7. The Morgan fingerprint density at radius 3 is 2.32 bits per heavy atom. The van der Waals surface area contributed by atoms with Crippen LogP contribution in [0.2, 0.25) is 0 Å². The van der Waals surface area contributed by atoms with Crippen LogP contribution in [-0.2, 0) is 14.8 Å². The van der Waals surface area contributed by atoms with Crippen LogP contribution in [0, 0.1) is 20.8 Å². The number of amides is 1. The van der Waals surface area contributed by atoms with Gasteiger partial charge in [0.25, 0.3) is 0 Å². The van der Waals surface area contributed by atoms with Crippen molar-refractivity contribution in [2.24, 2.45) is 0 Å². The number of benzene rings is 2. The van der Waals surface area contributed by atoms with Crippen molar-refractivity contribution in [3.63, 3.8) is 0 Å². The fraction of sp³-hybridized carbons (Fsp3) is 0.316. The van der Waals surface area contributed by atoms with Gasteiger partial charge in [-0.2, -0.15) is 4.72 Å². The van der Waals surface area contributed by atoms with Gasteiger partial charge in [-0.1, -0.05) is 23.8 Å². The minimum atomic E-state index is -3.71. The SMILES string of the molecule is Cc1ccc(S(=O)(=O)NC2CCN(c3ccc(C)c(C)c3)C2=O)cc1. The van der Waals surface area contributed by atoms with Gasteiger partial charge in [-0.15, -0.1) is 0 Å². The zero-order valence-corrected chi connectivity index (χ0v) is 15.4. The summed E-state index contributed by atoms with van der Waals surface area (Å²) in [6.45, 7) is 6.41. The number of hydrogen-bond acceptors (Lipinski definition) is 3. The van der Waals surface area contributed by atoms with Gasteiger partial charge in [0.1, 0.15) is 6.04 Å². The lowest BCUT2D eigenvalue weighted by Crippen LogP contribution is -2.41. The Morgan fingerprint density at radius 1 is 1.00 bits per heavy atom. The molecule has 0 bridgehead atoms. The second-order valence-corrected chi connectivity index (χ2v) is 8.25. The maximum Gasteiger partial charge on any atom is 0.245 e. The summed E-state index contributed by atoms with van der Waals surface area (Å²) in [6.07, 6.45) is 0.455. The average molecular weight is 358 g/mol. The number of hydrogen-bond donors (Lipinski definition) is 1. The van der Waals surface area contributed by atoms with Gasteiger partial charge in [0.05, 0.1) is 4.90 Å². The van der Waals surface area contributed by atoms with Crippen molar-refractivity contribution in [3.05, 3.63) is 59.2 Å². The molecule has 1 unspecified atom stereocenters. The molecule has 0 saturated carbocycles. The molecule has 0 aliphatic carbocycles. The Kier molecular flexibility index (Phi) is 4.67. The largest absolute Gasteiger partial charge is 0.311 e. The summed E-state index contributed by atoms with van der Waals surface area (Å²) in [7, 11) is -3.71. The zero-order valence-electron chi connectivity index (χ0n) is 14.6. The minimum absolute atomic E-state index is 0.176. The number of aryl methyl sites for hydroxylation is 3. The Labute approximate surface area is 148 Å². The Hall–Kier alpha value is -2.18. The van der Waals surface area contributed by atoms with Crippen molar-refractivity contribution < 1.29 is 13.2 Å².